The minimum Gasteiger partial charge on any atom is -1.00 e. The molecule has 0 aliphatic rings. The summed E-state index contributed by atoms with van der Waals surface area (Å²) in [6.45, 7) is 5.75. The fourth-order valence-electron chi connectivity index (χ4n) is 0.424. The second-order valence-corrected chi connectivity index (χ2v) is 2.08. The molecular weight excluding hydrogens is 109 g/mol. The molecule has 0 fully saturated rings. The maximum Gasteiger partial charge on any atom is 1.00 e. The molecule has 0 aliphatic carbocycles. The first kappa shape index (κ1) is 11.8. The number of carbonyl (C=O) groups excluding carboxylic acids is 1. The van der Waals surface area contributed by atoms with Gasteiger partial charge >= 0.3 is 18.9 Å². The van der Waals surface area contributed by atoms with Crippen LogP contribution < -0.4 is 24.2 Å². The monoisotopic (exact) mass is 123 g/mol. The van der Waals surface area contributed by atoms with Crippen molar-refractivity contribution in [3.05, 3.63) is 0 Å². The first-order valence-electron chi connectivity index (χ1n) is 2.96. The van der Waals surface area contributed by atoms with E-state index in [2.05, 4.69) is 5.32 Å². The van der Waals surface area contributed by atoms with Crippen LogP contribution in [0.3, 0.4) is 0 Å². The number of hydrogen-bond donors (Lipinski definition) is 1. The van der Waals surface area contributed by atoms with E-state index in [9.17, 15) is 4.79 Å². The molecule has 0 radical (unpaired) electrons. The predicted octanol–water partition coefficient (Wildman–Crippen LogP) is -1.96. The van der Waals surface area contributed by atoms with Crippen LogP contribution >= 0.6 is 0 Å². The van der Waals surface area contributed by atoms with Gasteiger partial charge in [-0.25, -0.2) is 0 Å². The van der Waals surface area contributed by atoms with Crippen LogP contribution in [0.5, 0.6) is 0 Å². The molecule has 3 heteroatoms. The molecule has 0 heterocycles. The molecule has 0 spiro atoms. The average Bonchev–Trinajstić information content (AvgIpc) is 1.65. The van der Waals surface area contributed by atoms with Crippen LogP contribution in [0.25, 0.3) is 0 Å². The second-order valence-electron chi connectivity index (χ2n) is 2.08. The van der Waals surface area contributed by atoms with Crippen molar-refractivity contribution in [3.8, 4) is 0 Å². The molecule has 0 aromatic heterocycles. The maximum atomic E-state index is 10.5. The molecule has 1 amide bonds. The van der Waals surface area contributed by atoms with Gasteiger partial charge in [-0.3, -0.25) is 4.79 Å². The van der Waals surface area contributed by atoms with Crippen molar-refractivity contribution in [2.75, 3.05) is 0 Å². The number of nitrogens with one attached hydrogen (secondary N) is 1. The molecule has 0 aromatic rings. The van der Waals surface area contributed by atoms with Crippen molar-refractivity contribution >= 4 is 5.91 Å². The van der Waals surface area contributed by atoms with Gasteiger partial charge in [0.25, 0.3) is 0 Å². The Hall–Kier alpha value is 0.0674. The van der Waals surface area contributed by atoms with Gasteiger partial charge in [-0.15, -0.1) is 0 Å². The summed E-state index contributed by atoms with van der Waals surface area (Å²) in [4.78, 5) is 10.5. The third-order valence-electron chi connectivity index (χ3n) is 0.771. The van der Waals surface area contributed by atoms with Gasteiger partial charge in [0.05, 0.1) is 0 Å². The molecule has 1 N–H and O–H groups in total. The number of rotatable bonds is 2. The van der Waals surface area contributed by atoms with Gasteiger partial charge < -0.3 is 6.74 Å². The Morgan fingerprint density at radius 1 is 1.67 bits per heavy atom. The number of amides is 1. The average molecular weight is 123 g/mol. The van der Waals surface area contributed by atoms with Crippen LogP contribution in [-0.4, -0.2) is 11.9 Å². The molecular formula is C6H14LiNO. The maximum absolute atomic E-state index is 10.5. The summed E-state index contributed by atoms with van der Waals surface area (Å²) in [5, 5.41) is 2.75. The van der Waals surface area contributed by atoms with Gasteiger partial charge in [-0.1, -0.05) is 6.92 Å². The van der Waals surface area contributed by atoms with E-state index in [-0.39, 0.29) is 32.2 Å². The Kier molecular flexibility index (Phi) is 8.13. The van der Waals surface area contributed by atoms with Crippen molar-refractivity contribution < 1.29 is 25.1 Å². The Balaban J connectivity index is -0.000000245. The van der Waals surface area contributed by atoms with E-state index in [0.29, 0.717) is 6.42 Å². The molecule has 9 heavy (non-hydrogen) atoms. The zero-order chi connectivity index (χ0) is 6.57. The Labute approximate surface area is 70.1 Å². The second kappa shape index (κ2) is 6.19. The molecule has 0 aliphatic heterocycles. The largest absolute Gasteiger partial charge is 1.00 e. The molecule has 0 bridgehead atoms. The summed E-state index contributed by atoms with van der Waals surface area (Å²) in [7, 11) is 0. The van der Waals surface area contributed by atoms with Crippen LogP contribution in [0.2, 0.25) is 0 Å². The fourth-order valence-corrected chi connectivity index (χ4v) is 0.424. The van der Waals surface area contributed by atoms with Gasteiger partial charge in [-0.05, 0) is 13.8 Å². The topological polar surface area (TPSA) is 29.1 Å². The predicted molar refractivity (Wildman–Crippen MR) is 34.7 cm³/mol. The van der Waals surface area contributed by atoms with E-state index in [4.69, 9.17) is 0 Å². The van der Waals surface area contributed by atoms with Crippen molar-refractivity contribution in [3.63, 3.8) is 0 Å². The molecule has 2 nitrogen and oxygen atoms in total. The summed E-state index contributed by atoms with van der Waals surface area (Å²) >= 11 is 0. The molecule has 0 atom stereocenters. The molecule has 50 valence electrons. The van der Waals surface area contributed by atoms with E-state index in [1.165, 1.54) is 0 Å². The van der Waals surface area contributed by atoms with Gasteiger partial charge in [0.15, 0.2) is 0 Å². The summed E-state index contributed by atoms with van der Waals surface area (Å²) in [6, 6.07) is 0.280. The van der Waals surface area contributed by atoms with E-state index >= 15 is 0 Å². The summed E-state index contributed by atoms with van der Waals surface area (Å²) < 4.78 is 0. The zero-order valence-corrected chi connectivity index (χ0v) is 6.69. The summed E-state index contributed by atoms with van der Waals surface area (Å²) in [5.41, 5.74) is 0. The SMILES string of the molecule is CCC(=O)NC(C)C.[H-].[Li+]. The van der Waals surface area contributed by atoms with Crippen LogP contribution in [0.1, 0.15) is 28.6 Å². The molecule has 0 aromatic carbocycles. The third kappa shape index (κ3) is 8.07. The Bertz CT molecular complexity index is 87.8. The summed E-state index contributed by atoms with van der Waals surface area (Å²) in [5.74, 6) is 0.125. The quantitative estimate of drug-likeness (QED) is 0.424. The standard InChI is InChI=1S/C6H13NO.Li.H/c1-4-6(8)7-5(2)3;;/h5H,4H2,1-3H3,(H,7,8);;/q;+1;-1. The van der Waals surface area contributed by atoms with Gasteiger partial charge in [0.1, 0.15) is 0 Å². The van der Waals surface area contributed by atoms with Crippen LogP contribution in [0.15, 0.2) is 0 Å². The third-order valence-corrected chi connectivity index (χ3v) is 0.771. The molecule has 0 saturated heterocycles. The van der Waals surface area contributed by atoms with Gasteiger partial charge in [-0.2, -0.15) is 0 Å². The number of carbonyl (C=O) groups is 1. The van der Waals surface area contributed by atoms with Crippen LogP contribution in [0.4, 0.5) is 0 Å². The van der Waals surface area contributed by atoms with E-state index in [1.807, 2.05) is 20.8 Å². The summed E-state index contributed by atoms with van der Waals surface area (Å²) in [6.07, 6.45) is 0.582. The molecule has 0 saturated carbocycles. The van der Waals surface area contributed by atoms with Crippen LogP contribution in [-0.2, 0) is 4.79 Å². The minimum atomic E-state index is 0. The van der Waals surface area contributed by atoms with E-state index in [1.54, 1.807) is 0 Å². The van der Waals surface area contributed by atoms with E-state index < -0.39 is 0 Å². The first-order chi connectivity index (χ1) is 3.66. The first-order valence-corrected chi connectivity index (χ1v) is 2.96. The van der Waals surface area contributed by atoms with Crippen molar-refractivity contribution in [2.45, 2.75) is 33.2 Å². The minimum absolute atomic E-state index is 0. The van der Waals surface area contributed by atoms with Gasteiger partial charge in [0, 0.05) is 12.5 Å². The molecule has 0 unspecified atom stereocenters. The smallest absolute Gasteiger partial charge is 1.00 e. The fraction of sp³-hybridized carbons (Fsp3) is 0.833. The van der Waals surface area contributed by atoms with Gasteiger partial charge in [0.2, 0.25) is 5.91 Å². The Morgan fingerprint density at radius 2 is 2.11 bits per heavy atom. The van der Waals surface area contributed by atoms with Crippen molar-refractivity contribution in [1.29, 1.82) is 0 Å². The van der Waals surface area contributed by atoms with Crippen molar-refractivity contribution in [2.24, 2.45) is 0 Å². The van der Waals surface area contributed by atoms with E-state index in [0.717, 1.165) is 0 Å². The van der Waals surface area contributed by atoms with Crippen LogP contribution in [0, 0.1) is 0 Å². The zero-order valence-electron chi connectivity index (χ0n) is 7.69. The van der Waals surface area contributed by atoms with Crippen molar-refractivity contribution in [1.82, 2.24) is 5.32 Å². The Morgan fingerprint density at radius 3 is 2.22 bits per heavy atom. The molecule has 0 rings (SSSR count). The number of hydrogen-bond acceptors (Lipinski definition) is 1. The normalized spacial score (nSPS) is 8.44.